The fourth-order valence-electron chi connectivity index (χ4n) is 2.41. The van der Waals surface area contributed by atoms with E-state index in [0.717, 1.165) is 6.07 Å². The summed E-state index contributed by atoms with van der Waals surface area (Å²) in [7, 11) is -3.28. The Morgan fingerprint density at radius 1 is 1.09 bits per heavy atom. The van der Waals surface area contributed by atoms with Crippen molar-refractivity contribution in [3.63, 3.8) is 0 Å². The Labute approximate surface area is 234 Å². The van der Waals surface area contributed by atoms with Crippen molar-refractivity contribution in [2.24, 2.45) is 0 Å². The molecule has 10 nitrogen and oxygen atoms in total. The fraction of sp³-hybridized carbons (Fsp3) is 0.167. The van der Waals surface area contributed by atoms with Crippen molar-refractivity contribution in [2.45, 2.75) is 16.7 Å². The van der Waals surface area contributed by atoms with Crippen molar-refractivity contribution >= 4 is 51.6 Å². The van der Waals surface area contributed by atoms with Crippen LogP contribution in [0.1, 0.15) is 18.1 Å². The maximum atomic E-state index is 11.7. The van der Waals surface area contributed by atoms with Gasteiger partial charge in [-0.3, -0.25) is 9.83 Å². The van der Waals surface area contributed by atoms with Gasteiger partial charge in [-0.2, -0.15) is 4.33 Å². The molecule has 0 aromatic heterocycles. The van der Waals surface area contributed by atoms with Gasteiger partial charge in [0.1, 0.15) is 16.8 Å². The predicted octanol–water partition coefficient (Wildman–Crippen LogP) is -4.03. The molecule has 2 rings (SSSR count). The van der Waals surface area contributed by atoms with Gasteiger partial charge in [-0.1, -0.05) is 24.3 Å². The first-order valence-corrected chi connectivity index (χ1v) is 10.4. The number of methoxy groups -OCH3 is 1. The average molecular weight is 500 g/mol. The molecule has 1 amide bonds. The molecule has 2 N–H and O–H groups in total. The van der Waals surface area contributed by atoms with Gasteiger partial charge in [-0.15, -0.1) is 0 Å². The van der Waals surface area contributed by atoms with E-state index in [1.165, 1.54) is 32.2 Å². The largest absolute Gasteiger partial charge is 1.00 e. The third kappa shape index (κ3) is 10.2. The standard InChI is InChI=1S/C18H20N2O8S2.2Na/c1-12(21)20-16-8-6-14(18(10-16)30(23,24)25)4-3-13-5-7-15(19-11-26-2)9-17(13)29-28-27-22;;/h3-10,19,22H,11H2,1-2H3,(H,20,21)(H,23,24,25);;/q;2*+1/p-2. The van der Waals surface area contributed by atoms with Crippen molar-refractivity contribution in [3.8, 4) is 0 Å². The molecule has 14 heteroatoms. The summed E-state index contributed by atoms with van der Waals surface area (Å²) >= 11 is 0.655. The Hall–Kier alpha value is -0.450. The smallest absolute Gasteiger partial charge is 0.744 e. The molecule has 0 aliphatic rings. The van der Waals surface area contributed by atoms with E-state index in [9.17, 15) is 23.0 Å². The van der Waals surface area contributed by atoms with Crippen LogP contribution in [0.3, 0.4) is 0 Å². The Kier molecular flexibility index (Phi) is 15.2. The number of carbonyl (C=O) groups is 1. The third-order valence-corrected chi connectivity index (χ3v) is 5.18. The number of nitrogens with one attached hydrogen (secondary N) is 2. The molecule has 0 aliphatic heterocycles. The summed E-state index contributed by atoms with van der Waals surface area (Å²) in [6, 6.07) is 9.02. The van der Waals surface area contributed by atoms with Crippen LogP contribution in [0.4, 0.5) is 11.4 Å². The molecular formula is C18H18N2Na2O8S2. The molecule has 0 spiro atoms. The maximum Gasteiger partial charge on any atom is 1.00 e. The molecule has 2 aromatic rings. The van der Waals surface area contributed by atoms with Crippen LogP contribution in [0, 0.1) is 0 Å². The van der Waals surface area contributed by atoms with Crippen molar-refractivity contribution < 1.29 is 96.2 Å². The summed E-state index contributed by atoms with van der Waals surface area (Å²) < 4.78 is 44.3. The molecule has 0 saturated carbocycles. The zero-order valence-electron chi connectivity index (χ0n) is 17.9. The molecule has 2 aromatic carbocycles. The molecule has 0 heterocycles. The number of carbonyl (C=O) groups excluding carboxylic acids is 1. The van der Waals surface area contributed by atoms with Gasteiger partial charge < -0.3 is 25.2 Å². The van der Waals surface area contributed by atoms with Gasteiger partial charge in [-0.25, -0.2) is 8.42 Å². The number of amides is 1. The first-order chi connectivity index (χ1) is 14.2. The number of anilines is 2. The number of rotatable bonds is 10. The minimum Gasteiger partial charge on any atom is -0.744 e. The van der Waals surface area contributed by atoms with Crippen molar-refractivity contribution in [3.05, 3.63) is 47.5 Å². The molecule has 0 aliphatic carbocycles. The van der Waals surface area contributed by atoms with Gasteiger partial charge in [0.15, 0.2) is 0 Å². The Morgan fingerprint density at radius 2 is 1.72 bits per heavy atom. The van der Waals surface area contributed by atoms with Crippen LogP contribution in [0.15, 0.2) is 46.2 Å². The first kappa shape index (κ1) is 31.6. The monoisotopic (exact) mass is 500 g/mol. The third-order valence-electron chi connectivity index (χ3n) is 3.63. The number of hydrogen-bond acceptors (Lipinski definition) is 10. The minimum absolute atomic E-state index is 0. The summed E-state index contributed by atoms with van der Waals surface area (Å²) in [6.45, 7) is 1.51. The molecule has 162 valence electrons. The summed E-state index contributed by atoms with van der Waals surface area (Å²) in [5.41, 5.74) is 1.53. The summed E-state index contributed by atoms with van der Waals surface area (Å²) in [4.78, 5) is 11.2. The van der Waals surface area contributed by atoms with E-state index in [1.807, 2.05) is 0 Å². The van der Waals surface area contributed by atoms with Gasteiger partial charge >= 0.3 is 59.1 Å². The zero-order valence-corrected chi connectivity index (χ0v) is 23.5. The molecule has 0 saturated heterocycles. The number of ether oxygens (including phenoxy) is 1. The SMILES string of the molecule is COCNc1ccc(C=Cc2ccc(NC(C)=O)cc2S(=O)(=O)[O-])c(SOO[O-])c1.[Na+].[Na+]. The molecular weight excluding hydrogens is 482 g/mol. The van der Waals surface area contributed by atoms with Crippen LogP contribution in [0.25, 0.3) is 12.2 Å². The van der Waals surface area contributed by atoms with Crippen LogP contribution in [-0.2, 0) is 29.0 Å². The van der Waals surface area contributed by atoms with E-state index < -0.39 is 20.9 Å². The summed E-state index contributed by atoms with van der Waals surface area (Å²) in [5, 5.41) is 19.0. The van der Waals surface area contributed by atoms with Crippen LogP contribution in [0.5, 0.6) is 0 Å². The van der Waals surface area contributed by atoms with E-state index in [4.69, 9.17) is 4.74 Å². The quantitative estimate of drug-likeness (QED) is 0.0628. The number of benzene rings is 2. The van der Waals surface area contributed by atoms with Crippen molar-refractivity contribution in [1.82, 2.24) is 0 Å². The van der Waals surface area contributed by atoms with Gasteiger partial charge in [0.2, 0.25) is 5.91 Å². The second-order valence-electron chi connectivity index (χ2n) is 5.80. The van der Waals surface area contributed by atoms with E-state index in [2.05, 4.69) is 20.0 Å². The summed E-state index contributed by atoms with van der Waals surface area (Å²) in [6.07, 6.45) is 2.96. The van der Waals surface area contributed by atoms with Gasteiger partial charge in [0.25, 0.3) is 0 Å². The minimum atomic E-state index is -4.81. The van der Waals surface area contributed by atoms with Crippen LogP contribution < -0.4 is 75.0 Å². The molecule has 0 atom stereocenters. The Morgan fingerprint density at radius 3 is 2.31 bits per heavy atom. The van der Waals surface area contributed by atoms with Crippen LogP contribution in [0.2, 0.25) is 0 Å². The first-order valence-electron chi connectivity index (χ1n) is 8.30. The molecule has 0 bridgehead atoms. The topological polar surface area (TPSA) is 149 Å². The van der Waals surface area contributed by atoms with E-state index in [0.29, 0.717) is 28.2 Å². The predicted molar refractivity (Wildman–Crippen MR) is 108 cm³/mol. The molecule has 0 fully saturated rings. The van der Waals surface area contributed by atoms with E-state index >= 15 is 0 Å². The van der Waals surface area contributed by atoms with Gasteiger partial charge in [0, 0.05) is 30.3 Å². The van der Waals surface area contributed by atoms with Gasteiger partial charge in [-0.05, 0) is 35.4 Å². The molecule has 32 heavy (non-hydrogen) atoms. The average Bonchev–Trinajstić information content (AvgIpc) is 2.69. The Bertz CT molecular complexity index is 1040. The van der Waals surface area contributed by atoms with Crippen molar-refractivity contribution in [1.29, 1.82) is 0 Å². The van der Waals surface area contributed by atoms with Crippen molar-refractivity contribution in [2.75, 3.05) is 24.5 Å². The Balaban J connectivity index is 0.00000480. The number of hydrogen-bond donors (Lipinski definition) is 2. The van der Waals surface area contributed by atoms with E-state index in [1.54, 1.807) is 24.3 Å². The molecule has 0 unspecified atom stereocenters. The normalized spacial score (nSPS) is 10.9. The molecule has 0 radical (unpaired) electrons. The van der Waals surface area contributed by atoms with Gasteiger partial charge in [0.05, 0.1) is 16.9 Å². The zero-order chi connectivity index (χ0) is 22.1. The van der Waals surface area contributed by atoms with Crippen LogP contribution >= 0.6 is 12.0 Å². The second kappa shape index (κ2) is 15.5. The van der Waals surface area contributed by atoms with E-state index in [-0.39, 0.29) is 77.1 Å². The van der Waals surface area contributed by atoms with Crippen LogP contribution in [-0.4, -0.2) is 32.7 Å². The summed E-state index contributed by atoms with van der Waals surface area (Å²) in [5.74, 6) is -0.406. The maximum absolute atomic E-state index is 11.7. The fourth-order valence-corrected chi connectivity index (χ4v) is 3.61. The second-order valence-corrected chi connectivity index (χ2v) is 7.89.